The second kappa shape index (κ2) is 6.57. The fourth-order valence-corrected chi connectivity index (χ4v) is 4.05. The van der Waals surface area contributed by atoms with Crippen LogP contribution in [0.4, 0.5) is 0 Å². The van der Waals surface area contributed by atoms with E-state index in [4.69, 9.17) is 9.47 Å². The number of hydrogen-bond acceptors (Lipinski definition) is 7. The van der Waals surface area contributed by atoms with Gasteiger partial charge < -0.3 is 14.6 Å². The molecule has 0 spiro atoms. The molecule has 0 fully saturated rings. The number of aliphatic hydroxyl groups excluding tert-OH is 1. The minimum absolute atomic E-state index is 0.264. The molecule has 0 bridgehead atoms. The molecule has 140 valence electrons. The van der Waals surface area contributed by atoms with Gasteiger partial charge in [-0.05, 0) is 23.8 Å². The lowest BCUT2D eigenvalue weighted by Crippen LogP contribution is -2.33. The summed E-state index contributed by atoms with van der Waals surface area (Å²) in [5, 5.41) is 14.5. The molecule has 2 aromatic rings. The Hall–Kier alpha value is -2.10. The number of benzene rings is 1. The summed E-state index contributed by atoms with van der Waals surface area (Å²) < 4.78 is 35.3. The quantitative estimate of drug-likeness (QED) is 0.817. The fourth-order valence-electron chi connectivity index (χ4n) is 3.31. The molecular formula is C17H21N3O5S. The van der Waals surface area contributed by atoms with E-state index >= 15 is 0 Å². The normalized spacial score (nSPS) is 17.9. The Bertz CT molecular complexity index is 924. The van der Waals surface area contributed by atoms with Crippen molar-refractivity contribution in [3.63, 3.8) is 0 Å². The van der Waals surface area contributed by atoms with Gasteiger partial charge in [0.05, 0.1) is 23.7 Å². The number of sulfone groups is 1. The predicted molar refractivity (Wildman–Crippen MR) is 93.6 cm³/mol. The predicted octanol–water partition coefficient (Wildman–Crippen LogP) is 0.706. The van der Waals surface area contributed by atoms with Crippen molar-refractivity contribution < 1.29 is 23.0 Å². The Balaban J connectivity index is 1.44. The molecule has 1 aromatic heterocycles. The molecular weight excluding hydrogens is 358 g/mol. The van der Waals surface area contributed by atoms with E-state index in [1.54, 1.807) is 6.07 Å². The summed E-state index contributed by atoms with van der Waals surface area (Å²) in [4.78, 5) is 2.28. The number of aliphatic hydroxyl groups is 1. The molecule has 1 N–H and O–H groups in total. The molecule has 3 heterocycles. The van der Waals surface area contributed by atoms with Crippen molar-refractivity contribution in [2.45, 2.75) is 25.7 Å². The third kappa shape index (κ3) is 3.69. The van der Waals surface area contributed by atoms with Crippen LogP contribution in [-0.4, -0.2) is 53.6 Å². The van der Waals surface area contributed by atoms with Crippen LogP contribution in [-0.2, 0) is 29.5 Å². The number of rotatable bonds is 5. The lowest BCUT2D eigenvalue weighted by molar-refractivity contribution is 0.173. The summed E-state index contributed by atoms with van der Waals surface area (Å²) in [5.74, 6) is 1.23. The molecule has 9 heteroatoms. The molecule has 0 amide bonds. The van der Waals surface area contributed by atoms with Gasteiger partial charge in [0, 0.05) is 25.9 Å². The highest BCUT2D eigenvalue weighted by molar-refractivity contribution is 7.90. The maximum atomic E-state index is 11.4. The molecule has 26 heavy (non-hydrogen) atoms. The molecule has 0 saturated carbocycles. The molecule has 2 aliphatic heterocycles. The van der Waals surface area contributed by atoms with E-state index in [2.05, 4.69) is 10.00 Å². The summed E-state index contributed by atoms with van der Waals surface area (Å²) >= 11 is 0. The zero-order valence-corrected chi connectivity index (χ0v) is 15.3. The summed E-state index contributed by atoms with van der Waals surface area (Å²) in [6.07, 6.45) is 0.0182. The van der Waals surface area contributed by atoms with Crippen molar-refractivity contribution in [2.24, 2.45) is 0 Å². The molecule has 8 nitrogen and oxygen atoms in total. The average Bonchev–Trinajstić information content (AvgIpc) is 3.18. The van der Waals surface area contributed by atoms with E-state index < -0.39 is 15.9 Å². The molecule has 4 rings (SSSR count). The van der Waals surface area contributed by atoms with Gasteiger partial charge in [0.1, 0.15) is 15.9 Å². The first-order chi connectivity index (χ1) is 12.4. The van der Waals surface area contributed by atoms with E-state index in [9.17, 15) is 13.5 Å². The van der Waals surface area contributed by atoms with Crippen molar-refractivity contribution in [1.29, 1.82) is 0 Å². The second-order valence-electron chi connectivity index (χ2n) is 6.79. The number of hydrogen-bond donors (Lipinski definition) is 1. The van der Waals surface area contributed by atoms with Gasteiger partial charge in [-0.25, -0.2) is 8.42 Å². The monoisotopic (exact) mass is 379 g/mol. The van der Waals surface area contributed by atoms with E-state index in [0.717, 1.165) is 42.1 Å². The summed E-state index contributed by atoms with van der Waals surface area (Å²) in [5.41, 5.74) is 2.52. The van der Waals surface area contributed by atoms with Gasteiger partial charge in [0.15, 0.2) is 11.5 Å². The standard InChI is InChI=1S/C17H21N3O5S/c1-26(22,23)10-15(21)14-7-13-9-19(4-5-20(13)18-14)8-12-2-3-16-17(6-12)25-11-24-16/h2-3,6-7,15,21H,4-5,8-11H2,1H3. The van der Waals surface area contributed by atoms with Crippen LogP contribution in [0.15, 0.2) is 24.3 Å². The molecule has 1 aromatic carbocycles. The van der Waals surface area contributed by atoms with Crippen molar-refractivity contribution in [2.75, 3.05) is 25.3 Å². The topological polar surface area (TPSA) is 93.9 Å². The van der Waals surface area contributed by atoms with E-state index in [-0.39, 0.29) is 12.5 Å². The highest BCUT2D eigenvalue weighted by atomic mass is 32.2. The first-order valence-corrected chi connectivity index (χ1v) is 10.5. The SMILES string of the molecule is CS(=O)(=O)CC(O)c1cc2n(n1)CCN(Cc1ccc3c(c1)OCO3)C2. The maximum absolute atomic E-state index is 11.4. The molecule has 1 unspecified atom stereocenters. The van der Waals surface area contributed by atoms with Crippen LogP contribution in [0.1, 0.15) is 23.1 Å². The Kier molecular flexibility index (Phi) is 4.37. The Morgan fingerprint density at radius 3 is 2.85 bits per heavy atom. The summed E-state index contributed by atoms with van der Waals surface area (Å²) in [7, 11) is -3.26. The zero-order valence-electron chi connectivity index (χ0n) is 14.5. The van der Waals surface area contributed by atoms with Gasteiger partial charge in [-0.1, -0.05) is 6.07 Å². The van der Waals surface area contributed by atoms with Crippen LogP contribution < -0.4 is 9.47 Å². The van der Waals surface area contributed by atoms with Crippen LogP contribution in [0.5, 0.6) is 11.5 Å². The van der Waals surface area contributed by atoms with Crippen LogP contribution >= 0.6 is 0 Å². The van der Waals surface area contributed by atoms with Crippen molar-refractivity contribution in [1.82, 2.24) is 14.7 Å². The number of ether oxygens (including phenoxy) is 2. The third-order valence-corrected chi connectivity index (χ3v) is 5.46. The fraction of sp³-hybridized carbons (Fsp3) is 0.471. The minimum atomic E-state index is -3.26. The highest BCUT2D eigenvalue weighted by Crippen LogP contribution is 2.33. The van der Waals surface area contributed by atoms with E-state index in [1.165, 1.54) is 0 Å². The zero-order chi connectivity index (χ0) is 18.3. The number of aromatic nitrogens is 2. The van der Waals surface area contributed by atoms with Gasteiger partial charge in [-0.3, -0.25) is 9.58 Å². The van der Waals surface area contributed by atoms with Gasteiger partial charge in [-0.15, -0.1) is 0 Å². The van der Waals surface area contributed by atoms with Crippen LogP contribution in [0.25, 0.3) is 0 Å². The molecule has 2 aliphatic rings. The molecule has 0 radical (unpaired) electrons. The molecule has 0 saturated heterocycles. The minimum Gasteiger partial charge on any atom is -0.454 e. The molecule has 0 aliphatic carbocycles. The first-order valence-electron chi connectivity index (χ1n) is 8.41. The van der Waals surface area contributed by atoms with Crippen molar-refractivity contribution in [3.05, 3.63) is 41.2 Å². The van der Waals surface area contributed by atoms with Crippen LogP contribution in [0.3, 0.4) is 0 Å². The van der Waals surface area contributed by atoms with Gasteiger partial charge in [-0.2, -0.15) is 5.10 Å². The third-order valence-electron chi connectivity index (χ3n) is 4.54. The van der Waals surface area contributed by atoms with E-state index in [0.29, 0.717) is 18.8 Å². The Morgan fingerprint density at radius 2 is 2.04 bits per heavy atom. The largest absolute Gasteiger partial charge is 0.454 e. The van der Waals surface area contributed by atoms with E-state index in [1.807, 2.05) is 22.9 Å². The second-order valence-corrected chi connectivity index (χ2v) is 8.98. The summed E-state index contributed by atoms with van der Waals surface area (Å²) in [6, 6.07) is 7.74. The lowest BCUT2D eigenvalue weighted by atomic mass is 10.1. The van der Waals surface area contributed by atoms with Crippen LogP contribution in [0.2, 0.25) is 0 Å². The van der Waals surface area contributed by atoms with Crippen molar-refractivity contribution >= 4 is 9.84 Å². The smallest absolute Gasteiger partial charge is 0.231 e. The summed E-state index contributed by atoms with van der Waals surface area (Å²) in [6.45, 7) is 3.24. The van der Waals surface area contributed by atoms with Gasteiger partial charge in [0.2, 0.25) is 6.79 Å². The number of fused-ring (bicyclic) bond motifs is 2. The lowest BCUT2D eigenvalue weighted by Gasteiger charge is -2.27. The van der Waals surface area contributed by atoms with Crippen LogP contribution in [0, 0.1) is 0 Å². The van der Waals surface area contributed by atoms with Crippen molar-refractivity contribution in [3.8, 4) is 11.5 Å². The average molecular weight is 379 g/mol. The highest BCUT2D eigenvalue weighted by Gasteiger charge is 2.23. The maximum Gasteiger partial charge on any atom is 0.231 e. The van der Waals surface area contributed by atoms with Gasteiger partial charge >= 0.3 is 0 Å². The Labute approximate surface area is 151 Å². The first kappa shape index (κ1) is 17.3. The van der Waals surface area contributed by atoms with Gasteiger partial charge in [0.25, 0.3) is 0 Å². The molecule has 1 atom stereocenters. The Morgan fingerprint density at radius 1 is 1.23 bits per heavy atom. The number of nitrogens with zero attached hydrogens (tertiary/aromatic N) is 3.